The summed E-state index contributed by atoms with van der Waals surface area (Å²) in [6, 6.07) is 57.6. The third-order valence-electron chi connectivity index (χ3n) is 7.76. The van der Waals surface area contributed by atoms with Crippen molar-refractivity contribution in [1.82, 2.24) is 0 Å². The highest BCUT2D eigenvalue weighted by Gasteiger charge is 2.31. The van der Waals surface area contributed by atoms with Crippen LogP contribution in [0.2, 0.25) is 0 Å². The fourth-order valence-electron chi connectivity index (χ4n) is 5.75. The maximum Gasteiger partial charge on any atom is 0.180 e. The first-order chi connectivity index (χ1) is 22.5. The van der Waals surface area contributed by atoms with E-state index in [1.807, 2.05) is 48.2 Å². The van der Waals surface area contributed by atoms with E-state index in [2.05, 4.69) is 115 Å². The Bertz CT molecular complexity index is 2300. The molecule has 0 saturated carbocycles. The highest BCUT2D eigenvalue weighted by molar-refractivity contribution is 8.01. The lowest BCUT2D eigenvalue weighted by molar-refractivity contribution is 0.464. The van der Waals surface area contributed by atoms with E-state index in [0.717, 1.165) is 26.9 Å². The lowest BCUT2D eigenvalue weighted by atomic mass is 9.94. The van der Waals surface area contributed by atoms with Crippen LogP contribution in [0.3, 0.4) is 0 Å². The monoisotopic (exact) mass is 652 g/mol. The van der Waals surface area contributed by atoms with Gasteiger partial charge in [0.25, 0.3) is 0 Å². The Balaban J connectivity index is 0.000000152. The molecule has 0 heterocycles. The van der Waals surface area contributed by atoms with Crippen LogP contribution in [0, 0.1) is 0 Å². The van der Waals surface area contributed by atoms with Gasteiger partial charge in [-0.1, -0.05) is 127 Å². The third kappa shape index (κ3) is 6.13. The molecule has 0 unspecified atom stereocenters. The summed E-state index contributed by atoms with van der Waals surface area (Å²) in [5.41, 5.74) is 0. The minimum Gasteiger partial charge on any atom is -0.744 e. The molecule has 0 radical (unpaired) electrons. The van der Waals surface area contributed by atoms with Gasteiger partial charge in [0.15, 0.2) is 14.7 Å². The minimum atomic E-state index is -4.48. The van der Waals surface area contributed by atoms with E-state index >= 15 is 0 Å². The van der Waals surface area contributed by atoms with Crippen molar-refractivity contribution in [1.29, 1.82) is 0 Å². The zero-order valence-corrected chi connectivity index (χ0v) is 27.1. The molecule has 8 aromatic rings. The molecular weight excluding hydrogens is 625 g/mol. The summed E-state index contributed by atoms with van der Waals surface area (Å²) in [5, 5.41) is 5.38. The van der Waals surface area contributed by atoms with Gasteiger partial charge in [0, 0.05) is 10.3 Å². The molecule has 0 aliphatic carbocycles. The molecule has 0 saturated heterocycles. The quantitative estimate of drug-likeness (QED) is 0.102. The number of hydrogen-bond acceptors (Lipinski definition) is 4. The summed E-state index contributed by atoms with van der Waals surface area (Å²) >= 11 is 1.84. The second-order valence-electron chi connectivity index (χ2n) is 10.7. The van der Waals surface area contributed by atoms with E-state index < -0.39 is 10.1 Å². The van der Waals surface area contributed by atoms with Crippen LogP contribution in [0.15, 0.2) is 199 Å². The summed E-state index contributed by atoms with van der Waals surface area (Å²) < 4.78 is 34.3. The second kappa shape index (κ2) is 13.0. The van der Waals surface area contributed by atoms with Gasteiger partial charge < -0.3 is 4.55 Å². The Morgan fingerprint density at radius 3 is 1.59 bits per heavy atom. The molecular formula is C40H28O3S3. The van der Waals surface area contributed by atoms with E-state index in [4.69, 9.17) is 0 Å². The Morgan fingerprint density at radius 2 is 0.978 bits per heavy atom. The van der Waals surface area contributed by atoms with Crippen LogP contribution < -0.4 is 0 Å². The van der Waals surface area contributed by atoms with Crippen molar-refractivity contribution in [3.63, 3.8) is 0 Å². The molecule has 0 spiro atoms. The average Bonchev–Trinajstić information content (AvgIpc) is 3.09. The molecule has 0 bridgehead atoms. The molecule has 46 heavy (non-hydrogen) atoms. The highest BCUT2D eigenvalue weighted by Crippen LogP contribution is 2.40. The van der Waals surface area contributed by atoms with Crippen molar-refractivity contribution in [3.05, 3.63) is 170 Å². The molecule has 0 atom stereocenters. The van der Waals surface area contributed by atoms with Crippen LogP contribution in [0.25, 0.3) is 32.3 Å². The number of rotatable bonds is 6. The number of hydrogen-bond donors (Lipinski definition) is 0. The lowest BCUT2D eigenvalue weighted by Gasteiger charge is -2.15. The van der Waals surface area contributed by atoms with Crippen molar-refractivity contribution >= 4 is 65.1 Å². The molecule has 0 aromatic heterocycles. The summed E-state index contributed by atoms with van der Waals surface area (Å²) in [7, 11) is -4.60. The lowest BCUT2D eigenvalue weighted by Crippen LogP contribution is -2.05. The first-order valence-corrected chi connectivity index (χ1v) is 18.2. The van der Waals surface area contributed by atoms with Crippen LogP contribution in [0.4, 0.5) is 0 Å². The molecule has 6 heteroatoms. The topological polar surface area (TPSA) is 57.2 Å². The second-order valence-corrected chi connectivity index (χ2v) is 15.1. The van der Waals surface area contributed by atoms with Crippen molar-refractivity contribution in [2.75, 3.05) is 0 Å². The van der Waals surface area contributed by atoms with Gasteiger partial charge >= 0.3 is 0 Å². The summed E-state index contributed by atoms with van der Waals surface area (Å²) in [4.78, 5) is 6.50. The fraction of sp³-hybridized carbons (Fsp3) is 0. The van der Waals surface area contributed by atoms with E-state index in [9.17, 15) is 13.0 Å². The van der Waals surface area contributed by atoms with Gasteiger partial charge in [-0.25, -0.2) is 8.42 Å². The Kier molecular flexibility index (Phi) is 8.52. The van der Waals surface area contributed by atoms with Gasteiger partial charge in [0.1, 0.15) is 21.0 Å². The van der Waals surface area contributed by atoms with Gasteiger partial charge in [-0.15, -0.1) is 0 Å². The normalized spacial score (nSPS) is 11.6. The van der Waals surface area contributed by atoms with Crippen molar-refractivity contribution in [2.24, 2.45) is 0 Å². The molecule has 8 rings (SSSR count). The van der Waals surface area contributed by atoms with Crippen LogP contribution in [0.1, 0.15) is 0 Å². The Hall–Kier alpha value is -4.59. The first-order valence-electron chi connectivity index (χ1n) is 14.8. The predicted molar refractivity (Wildman–Crippen MR) is 190 cm³/mol. The molecule has 8 aromatic carbocycles. The SMILES string of the molecule is O=S(=O)([O-])c1ccc2ccc3cccc4ccc1c2c34.c1ccc(Sc2ccccc2[S+](c2ccccc2)c2ccccc2)cc1. The fourth-order valence-corrected chi connectivity index (χ4v) is 9.78. The van der Waals surface area contributed by atoms with E-state index in [-0.39, 0.29) is 15.8 Å². The van der Waals surface area contributed by atoms with Gasteiger partial charge in [0.2, 0.25) is 0 Å². The minimum absolute atomic E-state index is 0.121. The van der Waals surface area contributed by atoms with Crippen LogP contribution in [-0.2, 0) is 21.0 Å². The standard InChI is InChI=1S/C24H19S2.C16H10O3S/c1-4-12-20(13-5-1)25-23-18-10-11-19-24(23)26(21-14-6-2-7-15-21)22-16-8-3-9-17-22;17-20(18,19)14-9-7-12-5-4-10-2-1-3-11-6-8-13(14)16(12)15(10)11/h1-19H;1-9H,(H,17,18,19)/q+1;/p-1. The van der Waals surface area contributed by atoms with Crippen LogP contribution in [0.5, 0.6) is 0 Å². The zero-order valence-electron chi connectivity index (χ0n) is 24.6. The largest absolute Gasteiger partial charge is 0.744 e. The predicted octanol–water partition coefficient (Wildman–Crippen LogP) is 10.4. The molecule has 0 N–H and O–H groups in total. The maximum absolute atomic E-state index is 11.4. The zero-order chi connectivity index (χ0) is 31.5. The van der Waals surface area contributed by atoms with Crippen LogP contribution in [-0.4, -0.2) is 13.0 Å². The average molecular weight is 653 g/mol. The third-order valence-corrected chi connectivity index (χ3v) is 12.1. The highest BCUT2D eigenvalue weighted by atomic mass is 32.2. The Morgan fingerprint density at radius 1 is 0.478 bits per heavy atom. The van der Waals surface area contributed by atoms with Gasteiger partial charge in [0.05, 0.1) is 9.79 Å². The molecule has 0 aliphatic rings. The van der Waals surface area contributed by atoms with E-state index in [0.29, 0.717) is 5.39 Å². The number of benzene rings is 8. The van der Waals surface area contributed by atoms with Gasteiger partial charge in [-0.3, -0.25) is 0 Å². The summed E-state index contributed by atoms with van der Waals surface area (Å²) in [6.45, 7) is 0. The first kappa shape index (κ1) is 30.1. The van der Waals surface area contributed by atoms with Gasteiger partial charge in [-0.05, 0) is 81.5 Å². The van der Waals surface area contributed by atoms with Crippen molar-refractivity contribution in [2.45, 2.75) is 29.4 Å². The van der Waals surface area contributed by atoms with Crippen molar-refractivity contribution < 1.29 is 13.0 Å². The van der Waals surface area contributed by atoms with E-state index in [1.54, 1.807) is 12.1 Å². The molecule has 0 aliphatic heterocycles. The van der Waals surface area contributed by atoms with Crippen molar-refractivity contribution in [3.8, 4) is 0 Å². The summed E-state index contributed by atoms with van der Waals surface area (Å²) in [5.74, 6) is 0. The van der Waals surface area contributed by atoms with E-state index in [1.165, 1.54) is 30.5 Å². The molecule has 0 amide bonds. The molecule has 224 valence electrons. The van der Waals surface area contributed by atoms with Gasteiger partial charge in [-0.2, -0.15) is 0 Å². The van der Waals surface area contributed by atoms with Crippen LogP contribution >= 0.6 is 11.8 Å². The molecule has 3 nitrogen and oxygen atoms in total. The maximum atomic E-state index is 11.4. The Labute approximate surface area is 276 Å². The smallest absolute Gasteiger partial charge is 0.180 e. The molecule has 0 fully saturated rings. The summed E-state index contributed by atoms with van der Waals surface area (Å²) in [6.07, 6.45) is 0.